The molecule has 1 spiro atoms. The van der Waals surface area contributed by atoms with Crippen molar-refractivity contribution < 1.29 is 0 Å². The molecule has 2 nitrogen and oxygen atoms in total. The van der Waals surface area contributed by atoms with E-state index < -0.39 is 0 Å². The molecular formula is C16H30N2. The second-order valence-electron chi connectivity index (χ2n) is 7.37. The lowest BCUT2D eigenvalue weighted by molar-refractivity contribution is -0.00594. The van der Waals surface area contributed by atoms with Crippen LogP contribution < -0.4 is 5.32 Å². The van der Waals surface area contributed by atoms with Gasteiger partial charge < -0.3 is 5.32 Å². The highest BCUT2D eigenvalue weighted by Crippen LogP contribution is 2.38. The first-order valence-corrected chi connectivity index (χ1v) is 8.16. The molecule has 1 heterocycles. The highest BCUT2D eigenvalue weighted by molar-refractivity contribution is 5.05. The molecule has 1 unspecified atom stereocenters. The fourth-order valence-corrected chi connectivity index (χ4v) is 4.11. The highest BCUT2D eigenvalue weighted by atomic mass is 15.3. The van der Waals surface area contributed by atoms with Crippen molar-refractivity contribution >= 4 is 0 Å². The van der Waals surface area contributed by atoms with E-state index >= 15 is 0 Å². The minimum absolute atomic E-state index is 0.406. The standard InChI is InChI=1S/C16H30N2/c1-3-15(2)12-17-16(9-4-5-10-16)13-18(15)11-14-7-6-8-14/h14,17H,3-13H2,1-2H3. The van der Waals surface area contributed by atoms with Crippen LogP contribution in [0.2, 0.25) is 0 Å². The Balaban J connectivity index is 1.70. The van der Waals surface area contributed by atoms with Crippen molar-refractivity contribution in [2.45, 2.75) is 76.3 Å². The lowest BCUT2D eigenvalue weighted by Crippen LogP contribution is -2.68. The number of nitrogens with one attached hydrogen (secondary N) is 1. The average Bonchev–Trinajstić information content (AvgIpc) is 2.77. The van der Waals surface area contributed by atoms with Crippen LogP contribution in [0.15, 0.2) is 0 Å². The van der Waals surface area contributed by atoms with E-state index in [1.54, 1.807) is 0 Å². The molecule has 0 aromatic carbocycles. The molecule has 18 heavy (non-hydrogen) atoms. The largest absolute Gasteiger partial charge is 0.308 e. The predicted molar refractivity (Wildman–Crippen MR) is 76.8 cm³/mol. The summed E-state index contributed by atoms with van der Waals surface area (Å²) in [7, 11) is 0. The van der Waals surface area contributed by atoms with Crippen LogP contribution >= 0.6 is 0 Å². The Morgan fingerprint density at radius 3 is 2.44 bits per heavy atom. The van der Waals surface area contributed by atoms with Crippen molar-refractivity contribution in [3.05, 3.63) is 0 Å². The summed E-state index contributed by atoms with van der Waals surface area (Å²) in [4.78, 5) is 2.86. The Labute approximate surface area is 113 Å². The molecule has 1 aliphatic heterocycles. The van der Waals surface area contributed by atoms with Crippen LogP contribution in [-0.2, 0) is 0 Å². The van der Waals surface area contributed by atoms with Crippen LogP contribution in [-0.4, -0.2) is 35.6 Å². The summed E-state index contributed by atoms with van der Waals surface area (Å²) in [6, 6.07) is 0. The van der Waals surface area contributed by atoms with Gasteiger partial charge >= 0.3 is 0 Å². The Kier molecular flexibility index (Phi) is 3.44. The van der Waals surface area contributed by atoms with Gasteiger partial charge in [-0.05, 0) is 44.9 Å². The maximum atomic E-state index is 3.93. The first-order chi connectivity index (χ1) is 8.66. The Bertz CT molecular complexity index is 291. The summed E-state index contributed by atoms with van der Waals surface area (Å²) in [5.74, 6) is 1.01. The zero-order valence-corrected chi connectivity index (χ0v) is 12.3. The van der Waals surface area contributed by atoms with Gasteiger partial charge in [0.25, 0.3) is 0 Å². The molecule has 1 saturated heterocycles. The minimum Gasteiger partial charge on any atom is -0.308 e. The van der Waals surface area contributed by atoms with Gasteiger partial charge in [0, 0.05) is 30.7 Å². The van der Waals surface area contributed by atoms with E-state index in [1.807, 2.05) is 0 Å². The van der Waals surface area contributed by atoms with E-state index in [9.17, 15) is 0 Å². The molecule has 1 N–H and O–H groups in total. The predicted octanol–water partition coefficient (Wildman–Crippen LogP) is 3.17. The van der Waals surface area contributed by atoms with Crippen molar-refractivity contribution in [2.75, 3.05) is 19.6 Å². The van der Waals surface area contributed by atoms with Crippen LogP contribution in [0.5, 0.6) is 0 Å². The lowest BCUT2D eigenvalue weighted by atomic mass is 9.80. The van der Waals surface area contributed by atoms with Crippen LogP contribution in [0, 0.1) is 5.92 Å². The van der Waals surface area contributed by atoms with E-state index in [4.69, 9.17) is 0 Å². The second kappa shape index (κ2) is 4.79. The Morgan fingerprint density at radius 2 is 1.89 bits per heavy atom. The Hall–Kier alpha value is -0.0800. The Morgan fingerprint density at radius 1 is 1.17 bits per heavy atom. The zero-order chi connectivity index (χ0) is 12.6. The number of rotatable bonds is 3. The van der Waals surface area contributed by atoms with Crippen LogP contribution in [0.4, 0.5) is 0 Å². The molecule has 2 heteroatoms. The topological polar surface area (TPSA) is 15.3 Å². The van der Waals surface area contributed by atoms with E-state index in [1.165, 1.54) is 71.0 Å². The van der Waals surface area contributed by atoms with E-state index in [0.717, 1.165) is 5.92 Å². The monoisotopic (exact) mass is 250 g/mol. The number of piperazine rings is 1. The summed E-state index contributed by atoms with van der Waals surface area (Å²) in [6.45, 7) is 8.72. The smallest absolute Gasteiger partial charge is 0.0309 e. The summed E-state index contributed by atoms with van der Waals surface area (Å²) >= 11 is 0. The third kappa shape index (κ3) is 2.22. The van der Waals surface area contributed by atoms with Crippen molar-refractivity contribution in [3.63, 3.8) is 0 Å². The summed E-state index contributed by atoms with van der Waals surface area (Å²) in [5.41, 5.74) is 0.891. The van der Waals surface area contributed by atoms with Crippen molar-refractivity contribution in [2.24, 2.45) is 5.92 Å². The molecule has 0 bridgehead atoms. The SMILES string of the molecule is CCC1(C)CNC2(CCCC2)CN1CC1CCC1. The second-order valence-corrected chi connectivity index (χ2v) is 7.37. The van der Waals surface area contributed by atoms with Gasteiger partial charge in [-0.3, -0.25) is 4.90 Å². The van der Waals surface area contributed by atoms with E-state index in [0.29, 0.717) is 11.1 Å². The normalized spacial score (nSPS) is 37.0. The minimum atomic E-state index is 0.406. The van der Waals surface area contributed by atoms with Crippen LogP contribution in [0.1, 0.15) is 65.2 Å². The summed E-state index contributed by atoms with van der Waals surface area (Å²) in [5, 5.41) is 3.93. The molecule has 2 saturated carbocycles. The molecule has 3 fully saturated rings. The van der Waals surface area contributed by atoms with Gasteiger partial charge in [-0.25, -0.2) is 0 Å². The quantitative estimate of drug-likeness (QED) is 0.827. The molecule has 3 rings (SSSR count). The van der Waals surface area contributed by atoms with Crippen molar-refractivity contribution in [1.82, 2.24) is 10.2 Å². The number of hydrogen-bond acceptors (Lipinski definition) is 2. The molecule has 2 aliphatic carbocycles. The summed E-state index contributed by atoms with van der Waals surface area (Å²) in [6.07, 6.45) is 11.4. The van der Waals surface area contributed by atoms with Crippen LogP contribution in [0.25, 0.3) is 0 Å². The maximum absolute atomic E-state index is 3.93. The molecule has 0 amide bonds. The van der Waals surface area contributed by atoms with E-state index in [2.05, 4.69) is 24.1 Å². The molecule has 3 aliphatic rings. The fourth-order valence-electron chi connectivity index (χ4n) is 4.11. The van der Waals surface area contributed by atoms with Gasteiger partial charge in [-0.2, -0.15) is 0 Å². The molecule has 104 valence electrons. The molecule has 0 aromatic heterocycles. The van der Waals surface area contributed by atoms with Gasteiger partial charge in [0.05, 0.1) is 0 Å². The van der Waals surface area contributed by atoms with E-state index in [-0.39, 0.29) is 0 Å². The van der Waals surface area contributed by atoms with Crippen LogP contribution in [0.3, 0.4) is 0 Å². The first-order valence-electron chi connectivity index (χ1n) is 8.16. The summed E-state index contributed by atoms with van der Waals surface area (Å²) < 4.78 is 0. The molecule has 0 aromatic rings. The van der Waals surface area contributed by atoms with Gasteiger partial charge in [0.2, 0.25) is 0 Å². The van der Waals surface area contributed by atoms with Gasteiger partial charge in [0.15, 0.2) is 0 Å². The zero-order valence-electron chi connectivity index (χ0n) is 12.3. The first kappa shape index (κ1) is 12.9. The average molecular weight is 250 g/mol. The number of hydrogen-bond donors (Lipinski definition) is 1. The molecule has 0 radical (unpaired) electrons. The molecular weight excluding hydrogens is 220 g/mol. The molecule has 1 atom stereocenters. The lowest BCUT2D eigenvalue weighted by Gasteiger charge is -2.54. The highest BCUT2D eigenvalue weighted by Gasteiger charge is 2.45. The van der Waals surface area contributed by atoms with Crippen molar-refractivity contribution in [1.29, 1.82) is 0 Å². The third-order valence-corrected chi connectivity index (χ3v) is 6.13. The van der Waals surface area contributed by atoms with Crippen molar-refractivity contribution in [3.8, 4) is 0 Å². The maximum Gasteiger partial charge on any atom is 0.0309 e. The third-order valence-electron chi connectivity index (χ3n) is 6.13. The fraction of sp³-hybridized carbons (Fsp3) is 1.00. The number of nitrogens with zero attached hydrogens (tertiary/aromatic N) is 1. The van der Waals surface area contributed by atoms with Gasteiger partial charge in [0.1, 0.15) is 0 Å². The van der Waals surface area contributed by atoms with Gasteiger partial charge in [-0.1, -0.05) is 26.2 Å². The van der Waals surface area contributed by atoms with Gasteiger partial charge in [-0.15, -0.1) is 0 Å².